The maximum atomic E-state index is 11.3. The lowest BCUT2D eigenvalue weighted by Crippen LogP contribution is -2.17. The van der Waals surface area contributed by atoms with Crippen molar-refractivity contribution < 1.29 is 9.90 Å². The monoisotopic (exact) mass is 204 g/mol. The number of aromatic amines is 1. The molecule has 1 aromatic carbocycles. The number of hydrogen-bond acceptors (Lipinski definition) is 3. The fraction of sp³-hybridized carbons (Fsp3) is 0. The van der Waals surface area contributed by atoms with Crippen LogP contribution in [-0.2, 0) is 0 Å². The van der Waals surface area contributed by atoms with Gasteiger partial charge >= 0.3 is 5.97 Å². The molecule has 1 aromatic heterocycles. The number of rotatable bonds is 1. The number of hydrogen-bond donors (Lipinski definition) is 3. The number of nitrogens with one attached hydrogen (secondary N) is 1. The summed E-state index contributed by atoms with van der Waals surface area (Å²) < 4.78 is 0. The Balaban J connectivity index is 2.90. The molecule has 0 saturated carbocycles. The fourth-order valence-corrected chi connectivity index (χ4v) is 1.41. The zero-order valence-corrected chi connectivity index (χ0v) is 7.65. The summed E-state index contributed by atoms with van der Waals surface area (Å²) in [6.07, 6.45) is 0. The van der Waals surface area contributed by atoms with Crippen LogP contribution in [0.5, 0.6) is 0 Å². The van der Waals surface area contributed by atoms with Crippen molar-refractivity contribution in [3.63, 3.8) is 0 Å². The molecular weight excluding hydrogens is 196 g/mol. The molecule has 2 rings (SSSR count). The first-order valence-corrected chi connectivity index (χ1v) is 4.24. The number of pyridine rings is 1. The minimum Gasteiger partial charge on any atom is -0.477 e. The van der Waals surface area contributed by atoms with Crippen LogP contribution in [0.15, 0.2) is 29.1 Å². The Morgan fingerprint density at radius 3 is 2.80 bits per heavy atom. The van der Waals surface area contributed by atoms with Gasteiger partial charge in [-0.25, -0.2) is 4.79 Å². The highest BCUT2D eigenvalue weighted by Gasteiger charge is 2.10. The molecule has 0 aliphatic rings. The van der Waals surface area contributed by atoms with Gasteiger partial charge < -0.3 is 15.8 Å². The molecule has 4 N–H and O–H groups in total. The molecule has 0 spiro atoms. The standard InChI is InChI=1S/C10H8N2O3/c11-7-2-1-3-8-5(7)4-6(10(14)15)9(13)12-8/h1-4H,11H2,(H,12,13)(H,14,15). The van der Waals surface area contributed by atoms with Crippen molar-refractivity contribution in [2.45, 2.75) is 0 Å². The summed E-state index contributed by atoms with van der Waals surface area (Å²) in [7, 11) is 0. The van der Waals surface area contributed by atoms with Gasteiger partial charge in [-0.15, -0.1) is 0 Å². The third-order valence-corrected chi connectivity index (χ3v) is 2.15. The number of fused-ring (bicyclic) bond motifs is 1. The number of anilines is 1. The Hall–Kier alpha value is -2.30. The highest BCUT2D eigenvalue weighted by Crippen LogP contribution is 2.18. The molecule has 0 unspecified atom stereocenters. The predicted octanol–water partition coefficient (Wildman–Crippen LogP) is 0.808. The van der Waals surface area contributed by atoms with E-state index in [-0.39, 0.29) is 5.56 Å². The van der Waals surface area contributed by atoms with Crippen LogP contribution in [0.25, 0.3) is 10.9 Å². The normalized spacial score (nSPS) is 10.4. The van der Waals surface area contributed by atoms with Gasteiger partial charge in [-0.1, -0.05) is 6.07 Å². The van der Waals surface area contributed by atoms with Crippen molar-refractivity contribution in [2.75, 3.05) is 5.73 Å². The highest BCUT2D eigenvalue weighted by molar-refractivity contribution is 5.96. The fourth-order valence-electron chi connectivity index (χ4n) is 1.41. The smallest absolute Gasteiger partial charge is 0.341 e. The maximum absolute atomic E-state index is 11.3. The van der Waals surface area contributed by atoms with Crippen LogP contribution in [0.2, 0.25) is 0 Å². The Bertz CT molecular complexity index is 601. The summed E-state index contributed by atoms with van der Waals surface area (Å²) in [6.45, 7) is 0. The Labute approximate surface area is 84.2 Å². The number of benzene rings is 1. The minimum atomic E-state index is -1.26. The van der Waals surface area contributed by atoms with Gasteiger partial charge in [0.2, 0.25) is 0 Å². The molecule has 0 amide bonds. The van der Waals surface area contributed by atoms with Gasteiger partial charge in [-0.3, -0.25) is 4.79 Å². The van der Waals surface area contributed by atoms with Gasteiger partial charge in [-0.05, 0) is 18.2 Å². The van der Waals surface area contributed by atoms with E-state index in [4.69, 9.17) is 10.8 Å². The molecule has 5 heteroatoms. The van der Waals surface area contributed by atoms with E-state index in [9.17, 15) is 9.59 Å². The van der Waals surface area contributed by atoms with Crippen LogP contribution in [0.1, 0.15) is 10.4 Å². The number of nitrogen functional groups attached to an aromatic ring is 1. The zero-order valence-electron chi connectivity index (χ0n) is 7.65. The Morgan fingerprint density at radius 1 is 1.40 bits per heavy atom. The molecule has 0 bridgehead atoms. The topological polar surface area (TPSA) is 96.2 Å². The van der Waals surface area contributed by atoms with Crippen molar-refractivity contribution >= 4 is 22.6 Å². The van der Waals surface area contributed by atoms with Crippen molar-refractivity contribution in [1.82, 2.24) is 4.98 Å². The van der Waals surface area contributed by atoms with Gasteiger partial charge in [0.25, 0.3) is 5.56 Å². The first kappa shape index (κ1) is 9.26. The lowest BCUT2D eigenvalue weighted by atomic mass is 10.1. The quantitative estimate of drug-likeness (QED) is 0.599. The van der Waals surface area contributed by atoms with Gasteiger partial charge in [0, 0.05) is 11.1 Å². The SMILES string of the molecule is Nc1cccc2[nH]c(=O)c(C(=O)O)cc12. The van der Waals surface area contributed by atoms with E-state index in [0.717, 1.165) is 0 Å². The molecule has 15 heavy (non-hydrogen) atoms. The lowest BCUT2D eigenvalue weighted by molar-refractivity contribution is 0.0695. The van der Waals surface area contributed by atoms with Crippen LogP contribution in [0.3, 0.4) is 0 Å². The number of H-pyrrole nitrogens is 1. The average Bonchev–Trinajstić information content (AvgIpc) is 2.16. The van der Waals surface area contributed by atoms with Gasteiger partial charge in [0.15, 0.2) is 0 Å². The second-order valence-electron chi connectivity index (χ2n) is 3.13. The Morgan fingerprint density at radius 2 is 2.13 bits per heavy atom. The van der Waals surface area contributed by atoms with Crippen LogP contribution in [0, 0.1) is 0 Å². The summed E-state index contributed by atoms with van der Waals surface area (Å²) in [6, 6.07) is 6.28. The van der Waals surface area contributed by atoms with E-state index < -0.39 is 11.5 Å². The van der Waals surface area contributed by atoms with E-state index in [2.05, 4.69) is 4.98 Å². The van der Waals surface area contributed by atoms with E-state index >= 15 is 0 Å². The number of carbonyl (C=O) groups is 1. The molecular formula is C10H8N2O3. The Kier molecular flexibility index (Phi) is 1.93. The first-order valence-electron chi connectivity index (χ1n) is 4.24. The number of aromatic carboxylic acids is 1. The number of carboxylic acids is 1. The molecule has 0 saturated heterocycles. The summed E-state index contributed by atoms with van der Waals surface area (Å²) >= 11 is 0. The number of carboxylic acid groups (broad SMARTS) is 1. The third kappa shape index (κ3) is 1.43. The molecule has 0 aliphatic heterocycles. The van der Waals surface area contributed by atoms with Crippen molar-refractivity contribution in [3.8, 4) is 0 Å². The number of aromatic nitrogens is 1. The van der Waals surface area contributed by atoms with E-state index in [0.29, 0.717) is 16.6 Å². The third-order valence-electron chi connectivity index (χ3n) is 2.15. The second kappa shape index (κ2) is 3.13. The summed E-state index contributed by atoms with van der Waals surface area (Å²) in [5.41, 5.74) is 5.70. The van der Waals surface area contributed by atoms with Gasteiger partial charge in [-0.2, -0.15) is 0 Å². The molecule has 5 nitrogen and oxygen atoms in total. The van der Waals surface area contributed by atoms with E-state index in [1.54, 1.807) is 18.2 Å². The molecule has 76 valence electrons. The van der Waals surface area contributed by atoms with Crippen LogP contribution >= 0.6 is 0 Å². The minimum absolute atomic E-state index is 0.305. The van der Waals surface area contributed by atoms with Gasteiger partial charge in [0.1, 0.15) is 5.56 Å². The predicted molar refractivity (Wildman–Crippen MR) is 55.9 cm³/mol. The van der Waals surface area contributed by atoms with Crippen molar-refractivity contribution in [2.24, 2.45) is 0 Å². The van der Waals surface area contributed by atoms with Crippen LogP contribution in [-0.4, -0.2) is 16.1 Å². The molecule has 1 heterocycles. The van der Waals surface area contributed by atoms with E-state index in [1.165, 1.54) is 6.07 Å². The van der Waals surface area contributed by atoms with E-state index in [1.807, 2.05) is 0 Å². The lowest BCUT2D eigenvalue weighted by Gasteiger charge is -2.02. The number of nitrogens with two attached hydrogens (primary N) is 1. The summed E-state index contributed by atoms with van der Waals surface area (Å²) in [4.78, 5) is 24.5. The van der Waals surface area contributed by atoms with Crippen LogP contribution in [0.4, 0.5) is 5.69 Å². The van der Waals surface area contributed by atoms with Crippen molar-refractivity contribution in [3.05, 3.63) is 40.2 Å². The largest absolute Gasteiger partial charge is 0.477 e. The molecule has 2 aromatic rings. The second-order valence-corrected chi connectivity index (χ2v) is 3.13. The van der Waals surface area contributed by atoms with Crippen molar-refractivity contribution in [1.29, 1.82) is 0 Å². The molecule has 0 atom stereocenters. The summed E-state index contributed by atoms with van der Waals surface area (Å²) in [5, 5.41) is 9.29. The molecule has 0 radical (unpaired) electrons. The zero-order chi connectivity index (χ0) is 11.0. The summed E-state index contributed by atoms with van der Waals surface area (Å²) in [5.74, 6) is -1.26. The average molecular weight is 204 g/mol. The first-order chi connectivity index (χ1) is 7.09. The molecule has 0 fully saturated rings. The maximum Gasteiger partial charge on any atom is 0.341 e. The van der Waals surface area contributed by atoms with Gasteiger partial charge in [0.05, 0.1) is 5.52 Å². The highest BCUT2D eigenvalue weighted by atomic mass is 16.4. The van der Waals surface area contributed by atoms with Crippen LogP contribution < -0.4 is 11.3 Å². The molecule has 0 aliphatic carbocycles.